The first-order valence-electron chi connectivity index (χ1n) is 9.66. The van der Waals surface area contributed by atoms with Crippen molar-refractivity contribution in [1.82, 2.24) is 19.6 Å². The van der Waals surface area contributed by atoms with Crippen LogP contribution in [0.2, 0.25) is 0 Å². The van der Waals surface area contributed by atoms with Crippen LogP contribution >= 0.6 is 0 Å². The lowest BCUT2D eigenvalue weighted by Crippen LogP contribution is -2.37. The molecule has 0 spiro atoms. The zero-order chi connectivity index (χ0) is 19.7. The fraction of sp³-hybridized carbons (Fsp3) is 0.318. The van der Waals surface area contributed by atoms with Gasteiger partial charge in [0.1, 0.15) is 0 Å². The molecule has 0 atom stereocenters. The quantitative estimate of drug-likeness (QED) is 0.761. The number of fused-ring (bicyclic) bond motifs is 2. The molecule has 0 saturated carbocycles. The molecule has 0 saturated heterocycles. The summed E-state index contributed by atoms with van der Waals surface area (Å²) < 4.78 is 1.72. The SMILES string of the molecule is CC(C)CNC(=O)c1nc(C(=O)N2CCc3ccccc3C2)n2ccccc12. The van der Waals surface area contributed by atoms with E-state index in [-0.39, 0.29) is 17.6 Å². The van der Waals surface area contributed by atoms with E-state index < -0.39 is 0 Å². The standard InChI is InChI=1S/C22H24N4O2/c1-15(2)13-23-21(27)19-18-9-5-6-11-26(18)20(24-19)22(28)25-12-10-16-7-3-4-8-17(16)14-25/h3-9,11,15H,10,12-14H2,1-2H3,(H,23,27). The number of aromatic nitrogens is 2. The van der Waals surface area contributed by atoms with Crippen LogP contribution in [0, 0.1) is 5.92 Å². The summed E-state index contributed by atoms with van der Waals surface area (Å²) in [4.78, 5) is 32.1. The van der Waals surface area contributed by atoms with Gasteiger partial charge in [-0.3, -0.25) is 14.0 Å². The van der Waals surface area contributed by atoms with E-state index in [1.807, 2.05) is 44.2 Å². The first-order valence-corrected chi connectivity index (χ1v) is 9.66. The van der Waals surface area contributed by atoms with Crippen LogP contribution in [-0.4, -0.2) is 39.2 Å². The molecule has 1 aliphatic rings. The van der Waals surface area contributed by atoms with Gasteiger partial charge >= 0.3 is 0 Å². The van der Waals surface area contributed by atoms with Crippen molar-refractivity contribution >= 4 is 17.3 Å². The van der Waals surface area contributed by atoms with Gasteiger partial charge in [0.15, 0.2) is 5.69 Å². The summed E-state index contributed by atoms with van der Waals surface area (Å²) in [5, 5.41) is 2.90. The first-order chi connectivity index (χ1) is 13.5. The second-order valence-electron chi connectivity index (χ2n) is 7.59. The maximum Gasteiger partial charge on any atom is 0.290 e. The topological polar surface area (TPSA) is 66.7 Å². The third kappa shape index (κ3) is 3.38. The van der Waals surface area contributed by atoms with Crippen LogP contribution in [0.25, 0.3) is 5.52 Å². The second kappa shape index (κ2) is 7.46. The highest BCUT2D eigenvalue weighted by Gasteiger charge is 2.27. The van der Waals surface area contributed by atoms with Crippen LogP contribution in [0.5, 0.6) is 0 Å². The maximum atomic E-state index is 13.2. The van der Waals surface area contributed by atoms with Crippen LogP contribution < -0.4 is 5.32 Å². The number of rotatable bonds is 4. The number of hydrogen-bond acceptors (Lipinski definition) is 3. The lowest BCUT2D eigenvalue weighted by atomic mass is 10.00. The third-order valence-electron chi connectivity index (χ3n) is 5.04. The number of carbonyl (C=O) groups excluding carboxylic acids is 2. The largest absolute Gasteiger partial charge is 0.350 e. The monoisotopic (exact) mass is 376 g/mol. The molecule has 2 amide bonds. The predicted octanol–water partition coefficient (Wildman–Crippen LogP) is 2.92. The lowest BCUT2D eigenvalue weighted by Gasteiger charge is -2.28. The Morgan fingerprint density at radius 1 is 1.11 bits per heavy atom. The van der Waals surface area contributed by atoms with Crippen molar-refractivity contribution in [2.75, 3.05) is 13.1 Å². The lowest BCUT2D eigenvalue weighted by molar-refractivity contribution is 0.0721. The summed E-state index contributed by atoms with van der Waals surface area (Å²) in [6, 6.07) is 13.7. The zero-order valence-corrected chi connectivity index (χ0v) is 16.2. The fourth-order valence-electron chi connectivity index (χ4n) is 3.55. The number of hydrogen-bond donors (Lipinski definition) is 1. The van der Waals surface area contributed by atoms with Crippen molar-refractivity contribution in [2.24, 2.45) is 5.92 Å². The highest BCUT2D eigenvalue weighted by molar-refractivity contribution is 6.02. The van der Waals surface area contributed by atoms with E-state index in [0.29, 0.717) is 36.8 Å². The van der Waals surface area contributed by atoms with Crippen molar-refractivity contribution in [3.63, 3.8) is 0 Å². The zero-order valence-electron chi connectivity index (χ0n) is 16.2. The second-order valence-corrected chi connectivity index (χ2v) is 7.59. The Hall–Kier alpha value is -3.15. The first kappa shape index (κ1) is 18.2. The number of nitrogens with zero attached hydrogens (tertiary/aromatic N) is 3. The smallest absolute Gasteiger partial charge is 0.290 e. The molecule has 1 aromatic carbocycles. The Balaban J connectivity index is 1.65. The summed E-state index contributed by atoms with van der Waals surface area (Å²) in [7, 11) is 0. The average Bonchev–Trinajstić information content (AvgIpc) is 3.11. The molecule has 0 aliphatic carbocycles. The molecule has 0 bridgehead atoms. The Bertz CT molecular complexity index is 1040. The number of amides is 2. The summed E-state index contributed by atoms with van der Waals surface area (Å²) in [5.74, 6) is 0.219. The minimum atomic E-state index is -0.250. The molecule has 1 aliphatic heterocycles. The number of pyridine rings is 1. The highest BCUT2D eigenvalue weighted by atomic mass is 16.2. The van der Waals surface area contributed by atoms with Gasteiger partial charge in [-0.25, -0.2) is 4.98 Å². The molecule has 1 N–H and O–H groups in total. The highest BCUT2D eigenvalue weighted by Crippen LogP contribution is 2.21. The summed E-state index contributed by atoms with van der Waals surface area (Å²) in [6.07, 6.45) is 2.61. The number of imidazole rings is 1. The van der Waals surface area contributed by atoms with Gasteiger partial charge in [-0.15, -0.1) is 0 Å². The van der Waals surface area contributed by atoms with Gasteiger partial charge < -0.3 is 10.2 Å². The van der Waals surface area contributed by atoms with E-state index in [1.54, 1.807) is 15.5 Å². The van der Waals surface area contributed by atoms with E-state index >= 15 is 0 Å². The van der Waals surface area contributed by atoms with Gasteiger partial charge in [0.2, 0.25) is 5.82 Å². The molecule has 3 aromatic rings. The summed E-state index contributed by atoms with van der Waals surface area (Å²) in [5.41, 5.74) is 3.39. The van der Waals surface area contributed by atoms with Crippen LogP contribution in [0.4, 0.5) is 0 Å². The minimum Gasteiger partial charge on any atom is -0.350 e. The van der Waals surface area contributed by atoms with Crippen molar-refractivity contribution in [2.45, 2.75) is 26.8 Å². The number of carbonyl (C=O) groups is 2. The third-order valence-corrected chi connectivity index (χ3v) is 5.04. The van der Waals surface area contributed by atoms with Crippen molar-refractivity contribution in [3.8, 4) is 0 Å². The molecule has 0 radical (unpaired) electrons. The molecule has 28 heavy (non-hydrogen) atoms. The van der Waals surface area contributed by atoms with Crippen molar-refractivity contribution in [1.29, 1.82) is 0 Å². The molecule has 0 fully saturated rings. The van der Waals surface area contributed by atoms with Gasteiger partial charge in [0.05, 0.1) is 5.52 Å². The van der Waals surface area contributed by atoms with E-state index in [2.05, 4.69) is 22.4 Å². The summed E-state index contributed by atoms with van der Waals surface area (Å²) in [6.45, 7) is 5.85. The van der Waals surface area contributed by atoms with E-state index in [1.165, 1.54) is 5.56 Å². The number of benzene rings is 1. The van der Waals surface area contributed by atoms with Crippen LogP contribution in [-0.2, 0) is 13.0 Å². The van der Waals surface area contributed by atoms with Crippen molar-refractivity contribution < 1.29 is 9.59 Å². The van der Waals surface area contributed by atoms with Gasteiger partial charge in [-0.05, 0) is 35.6 Å². The van der Waals surface area contributed by atoms with Gasteiger partial charge in [-0.2, -0.15) is 0 Å². The van der Waals surface area contributed by atoms with Crippen molar-refractivity contribution in [3.05, 3.63) is 71.3 Å². The van der Waals surface area contributed by atoms with Gasteiger partial charge in [-0.1, -0.05) is 44.2 Å². The van der Waals surface area contributed by atoms with E-state index in [4.69, 9.17) is 0 Å². The normalized spacial score (nSPS) is 13.6. The number of nitrogens with one attached hydrogen (secondary N) is 1. The van der Waals surface area contributed by atoms with Crippen LogP contribution in [0.15, 0.2) is 48.7 Å². The molecule has 6 nitrogen and oxygen atoms in total. The summed E-state index contributed by atoms with van der Waals surface area (Å²) >= 11 is 0. The Labute approximate surface area is 164 Å². The van der Waals surface area contributed by atoms with E-state index in [0.717, 1.165) is 12.0 Å². The Morgan fingerprint density at radius 3 is 2.64 bits per heavy atom. The molecular formula is C22H24N4O2. The minimum absolute atomic E-state index is 0.154. The fourth-order valence-corrected chi connectivity index (χ4v) is 3.55. The van der Waals surface area contributed by atoms with Crippen LogP contribution in [0.1, 0.15) is 46.1 Å². The molecule has 4 rings (SSSR count). The molecule has 6 heteroatoms. The molecule has 0 unspecified atom stereocenters. The molecule has 144 valence electrons. The van der Waals surface area contributed by atoms with Crippen LogP contribution in [0.3, 0.4) is 0 Å². The van der Waals surface area contributed by atoms with Gasteiger partial charge in [0, 0.05) is 25.8 Å². The molecule has 2 aromatic heterocycles. The molecule has 3 heterocycles. The Kier molecular flexibility index (Phi) is 4.86. The maximum absolute atomic E-state index is 13.2. The predicted molar refractivity (Wildman–Crippen MR) is 107 cm³/mol. The average molecular weight is 376 g/mol. The Morgan fingerprint density at radius 2 is 1.86 bits per heavy atom. The van der Waals surface area contributed by atoms with E-state index in [9.17, 15) is 9.59 Å². The van der Waals surface area contributed by atoms with Gasteiger partial charge in [0.25, 0.3) is 11.8 Å². The molecular weight excluding hydrogens is 352 g/mol.